The normalized spacial score (nSPS) is 10.7. The van der Waals surface area contributed by atoms with Gasteiger partial charge in [0, 0.05) is 22.8 Å². The fraction of sp³-hybridized carbons (Fsp3) is 0.158. The summed E-state index contributed by atoms with van der Waals surface area (Å²) in [6.45, 7) is -0.112. The molecule has 1 aromatic heterocycles. The molecule has 0 radical (unpaired) electrons. The summed E-state index contributed by atoms with van der Waals surface area (Å²) in [5.74, 6) is -1.08. The largest absolute Gasteiger partial charge is 0.350 e. The number of benzene rings is 2. The van der Waals surface area contributed by atoms with Gasteiger partial charge < -0.3 is 15.2 Å². The minimum Gasteiger partial charge on any atom is -0.350 e. The number of nitrogens with one attached hydrogen (secondary N) is 2. The van der Waals surface area contributed by atoms with E-state index in [1.54, 1.807) is 12.1 Å². The van der Waals surface area contributed by atoms with Gasteiger partial charge in [0.15, 0.2) is 0 Å². The monoisotopic (exact) mass is 371 g/mol. The van der Waals surface area contributed by atoms with Crippen molar-refractivity contribution in [3.8, 4) is 0 Å². The maximum absolute atomic E-state index is 13.8. The zero-order valence-electron chi connectivity index (χ0n) is 14.4. The van der Waals surface area contributed by atoms with E-state index < -0.39 is 5.82 Å². The third kappa shape index (κ3) is 3.72. The highest BCUT2D eigenvalue weighted by molar-refractivity contribution is 7.98. The molecule has 0 bridgehead atoms. The fourth-order valence-electron chi connectivity index (χ4n) is 2.66. The number of likely N-dealkylation sites (N-methyl/N-ethyl adjacent to an activating group) is 1. The van der Waals surface area contributed by atoms with Gasteiger partial charge in [-0.1, -0.05) is 18.2 Å². The molecule has 5 nitrogen and oxygen atoms in total. The minimum absolute atomic E-state index is 0.112. The minimum atomic E-state index is -0.396. The molecular weight excluding hydrogens is 353 g/mol. The number of halogens is 1. The lowest BCUT2D eigenvalue weighted by Crippen LogP contribution is -2.35. The SMILES string of the molecule is CSc1ccccc1NC(=O)CN(C)C(=O)c1cc2c(F)cccc2[nH]1. The number of hydrogen-bond donors (Lipinski definition) is 2. The number of fused-ring (bicyclic) bond motifs is 1. The summed E-state index contributed by atoms with van der Waals surface area (Å²) < 4.78 is 13.8. The zero-order chi connectivity index (χ0) is 18.7. The van der Waals surface area contributed by atoms with Crippen molar-refractivity contribution in [2.24, 2.45) is 0 Å². The number of carbonyl (C=O) groups excluding carboxylic acids is 2. The van der Waals surface area contributed by atoms with Gasteiger partial charge in [0.05, 0.1) is 12.2 Å². The third-order valence-corrected chi connectivity index (χ3v) is 4.75. The second kappa shape index (κ2) is 7.61. The summed E-state index contributed by atoms with van der Waals surface area (Å²) >= 11 is 1.53. The molecule has 0 saturated carbocycles. The third-order valence-electron chi connectivity index (χ3n) is 3.95. The molecule has 2 aromatic carbocycles. The number of aromatic amines is 1. The van der Waals surface area contributed by atoms with Crippen LogP contribution in [0.4, 0.5) is 10.1 Å². The Hall–Kier alpha value is -2.80. The van der Waals surface area contributed by atoms with Crippen LogP contribution in [0.2, 0.25) is 0 Å². The van der Waals surface area contributed by atoms with E-state index in [2.05, 4.69) is 10.3 Å². The Balaban J connectivity index is 1.70. The number of aromatic nitrogens is 1. The molecule has 0 saturated heterocycles. The lowest BCUT2D eigenvalue weighted by atomic mass is 10.2. The summed E-state index contributed by atoms with van der Waals surface area (Å²) in [6, 6.07) is 13.5. The average molecular weight is 371 g/mol. The van der Waals surface area contributed by atoms with Gasteiger partial charge in [0.2, 0.25) is 5.91 Å². The van der Waals surface area contributed by atoms with E-state index >= 15 is 0 Å². The van der Waals surface area contributed by atoms with Gasteiger partial charge in [0.25, 0.3) is 5.91 Å². The van der Waals surface area contributed by atoms with Crippen molar-refractivity contribution in [2.75, 3.05) is 25.2 Å². The maximum Gasteiger partial charge on any atom is 0.270 e. The topological polar surface area (TPSA) is 65.2 Å². The number of amides is 2. The Labute approximate surface area is 154 Å². The first-order chi connectivity index (χ1) is 12.5. The van der Waals surface area contributed by atoms with E-state index in [0.717, 1.165) is 4.90 Å². The van der Waals surface area contributed by atoms with Gasteiger partial charge in [0.1, 0.15) is 11.5 Å². The van der Waals surface area contributed by atoms with Crippen LogP contribution < -0.4 is 5.32 Å². The molecule has 0 atom stereocenters. The van der Waals surface area contributed by atoms with Gasteiger partial charge in [-0.2, -0.15) is 0 Å². The number of rotatable bonds is 5. The van der Waals surface area contributed by atoms with Gasteiger partial charge in [-0.3, -0.25) is 9.59 Å². The molecule has 3 rings (SSSR count). The van der Waals surface area contributed by atoms with E-state index in [-0.39, 0.29) is 24.1 Å². The van der Waals surface area contributed by atoms with Crippen LogP contribution in [0.3, 0.4) is 0 Å². The number of H-pyrrole nitrogens is 1. The standard InChI is InChI=1S/C19H18FN3O2S/c1-23(11-18(24)22-15-7-3-4-9-17(15)26-2)19(25)16-10-12-13(20)6-5-8-14(12)21-16/h3-10,21H,11H2,1-2H3,(H,22,24). The van der Waals surface area contributed by atoms with Crippen molar-refractivity contribution in [3.63, 3.8) is 0 Å². The first-order valence-corrected chi connectivity index (χ1v) is 9.17. The second-order valence-electron chi connectivity index (χ2n) is 5.79. The van der Waals surface area contributed by atoms with Crippen molar-refractivity contribution in [1.82, 2.24) is 9.88 Å². The number of anilines is 1. The fourth-order valence-corrected chi connectivity index (χ4v) is 3.22. The number of para-hydroxylation sites is 1. The van der Waals surface area contributed by atoms with Crippen LogP contribution >= 0.6 is 11.8 Å². The maximum atomic E-state index is 13.8. The summed E-state index contributed by atoms with van der Waals surface area (Å²) in [6.07, 6.45) is 1.93. The molecule has 0 unspecified atom stereocenters. The van der Waals surface area contributed by atoms with Crippen LogP contribution in [0.1, 0.15) is 10.5 Å². The van der Waals surface area contributed by atoms with Crippen LogP contribution in [-0.2, 0) is 4.79 Å². The first kappa shape index (κ1) is 18.0. The van der Waals surface area contributed by atoms with E-state index in [1.807, 2.05) is 30.5 Å². The van der Waals surface area contributed by atoms with Gasteiger partial charge in [-0.25, -0.2) is 4.39 Å². The van der Waals surface area contributed by atoms with Crippen molar-refractivity contribution in [1.29, 1.82) is 0 Å². The Morgan fingerprint density at radius 1 is 1.19 bits per heavy atom. The Bertz CT molecular complexity index is 970. The van der Waals surface area contributed by atoms with E-state index in [1.165, 1.54) is 35.8 Å². The van der Waals surface area contributed by atoms with Crippen molar-refractivity contribution in [3.05, 3.63) is 60.0 Å². The second-order valence-corrected chi connectivity index (χ2v) is 6.64. The highest BCUT2D eigenvalue weighted by atomic mass is 32.2. The van der Waals surface area contributed by atoms with Gasteiger partial charge >= 0.3 is 0 Å². The number of thioether (sulfide) groups is 1. The van der Waals surface area contributed by atoms with Crippen molar-refractivity contribution < 1.29 is 14.0 Å². The Morgan fingerprint density at radius 3 is 2.69 bits per heavy atom. The predicted octanol–water partition coefficient (Wildman–Crippen LogP) is 3.74. The van der Waals surface area contributed by atoms with E-state index in [0.29, 0.717) is 16.6 Å². The number of hydrogen-bond acceptors (Lipinski definition) is 3. The molecule has 0 aliphatic heterocycles. The summed E-state index contributed by atoms with van der Waals surface area (Å²) in [4.78, 5) is 29.9. The van der Waals surface area contributed by atoms with Gasteiger partial charge in [-0.05, 0) is 36.6 Å². The van der Waals surface area contributed by atoms with Gasteiger partial charge in [-0.15, -0.1) is 11.8 Å². The van der Waals surface area contributed by atoms with Crippen LogP contribution in [-0.4, -0.2) is 41.5 Å². The van der Waals surface area contributed by atoms with Crippen LogP contribution in [0.25, 0.3) is 10.9 Å². The number of carbonyl (C=O) groups is 2. The quantitative estimate of drug-likeness (QED) is 0.672. The van der Waals surface area contributed by atoms with E-state index in [9.17, 15) is 14.0 Å². The molecule has 2 N–H and O–H groups in total. The molecule has 3 aromatic rings. The van der Waals surface area contributed by atoms with Crippen molar-refractivity contribution in [2.45, 2.75) is 4.90 Å². The molecule has 0 fully saturated rings. The average Bonchev–Trinajstić information content (AvgIpc) is 3.07. The molecule has 0 aliphatic rings. The highest BCUT2D eigenvalue weighted by Gasteiger charge is 2.18. The Morgan fingerprint density at radius 2 is 1.96 bits per heavy atom. The molecule has 26 heavy (non-hydrogen) atoms. The molecule has 1 heterocycles. The highest BCUT2D eigenvalue weighted by Crippen LogP contribution is 2.24. The summed E-state index contributed by atoms with van der Waals surface area (Å²) in [5, 5.41) is 3.16. The molecular formula is C19H18FN3O2S. The Kier molecular flexibility index (Phi) is 5.27. The van der Waals surface area contributed by atoms with Crippen LogP contribution in [0, 0.1) is 5.82 Å². The zero-order valence-corrected chi connectivity index (χ0v) is 15.2. The molecule has 0 spiro atoms. The lowest BCUT2D eigenvalue weighted by molar-refractivity contribution is -0.116. The van der Waals surface area contributed by atoms with Crippen LogP contribution in [0.15, 0.2) is 53.4 Å². The molecule has 134 valence electrons. The smallest absolute Gasteiger partial charge is 0.270 e. The summed E-state index contributed by atoms with van der Waals surface area (Å²) in [7, 11) is 1.53. The molecule has 0 aliphatic carbocycles. The summed E-state index contributed by atoms with van der Waals surface area (Å²) in [5.41, 5.74) is 1.49. The molecule has 7 heteroatoms. The predicted molar refractivity (Wildman–Crippen MR) is 102 cm³/mol. The van der Waals surface area contributed by atoms with Crippen LogP contribution in [0.5, 0.6) is 0 Å². The number of nitrogens with zero attached hydrogens (tertiary/aromatic N) is 1. The van der Waals surface area contributed by atoms with E-state index in [4.69, 9.17) is 0 Å². The molecule has 2 amide bonds. The first-order valence-electron chi connectivity index (χ1n) is 7.95. The lowest BCUT2D eigenvalue weighted by Gasteiger charge is -2.16. The van der Waals surface area contributed by atoms with Crippen molar-refractivity contribution >= 4 is 40.2 Å².